The maximum absolute atomic E-state index is 13.9. The van der Waals surface area contributed by atoms with Gasteiger partial charge in [-0.25, -0.2) is 12.8 Å². The molecule has 1 heterocycles. The first-order valence-electron chi connectivity index (χ1n) is 5.78. The van der Waals surface area contributed by atoms with Gasteiger partial charge in [-0.05, 0) is 30.2 Å². The standard InChI is InChI=1S/C12H16FNO3S/c1-8(5-14)9-2-3-12(11(13)4-9)18(15,16)10-6-17-7-10/h2-4,8,10H,5-7,14H2,1H3. The molecule has 1 aliphatic heterocycles. The molecule has 0 amide bonds. The van der Waals surface area contributed by atoms with E-state index in [0.717, 1.165) is 0 Å². The minimum atomic E-state index is -3.61. The van der Waals surface area contributed by atoms with Gasteiger partial charge in [-0.3, -0.25) is 0 Å². The smallest absolute Gasteiger partial charge is 0.188 e. The zero-order valence-corrected chi connectivity index (χ0v) is 10.9. The van der Waals surface area contributed by atoms with Crippen LogP contribution in [0.5, 0.6) is 0 Å². The van der Waals surface area contributed by atoms with Crippen LogP contribution in [0, 0.1) is 5.82 Å². The molecule has 1 fully saturated rings. The Morgan fingerprint density at radius 3 is 2.61 bits per heavy atom. The van der Waals surface area contributed by atoms with Crippen LogP contribution in [0.25, 0.3) is 0 Å². The molecular formula is C12H16FNO3S. The Bertz CT molecular complexity index is 540. The van der Waals surface area contributed by atoms with Crippen molar-refractivity contribution in [3.63, 3.8) is 0 Å². The van der Waals surface area contributed by atoms with Crippen molar-refractivity contribution >= 4 is 9.84 Å². The topological polar surface area (TPSA) is 69.4 Å². The Labute approximate surface area is 106 Å². The Morgan fingerprint density at radius 2 is 2.17 bits per heavy atom. The number of nitrogens with two attached hydrogens (primary N) is 1. The van der Waals surface area contributed by atoms with Gasteiger partial charge in [0, 0.05) is 0 Å². The van der Waals surface area contributed by atoms with Gasteiger partial charge in [0.15, 0.2) is 9.84 Å². The fraction of sp³-hybridized carbons (Fsp3) is 0.500. The van der Waals surface area contributed by atoms with Gasteiger partial charge in [0.1, 0.15) is 16.0 Å². The maximum atomic E-state index is 13.9. The molecule has 0 spiro atoms. The third kappa shape index (κ3) is 2.28. The Kier molecular flexibility index (Phi) is 3.70. The second kappa shape index (κ2) is 4.95. The lowest BCUT2D eigenvalue weighted by Crippen LogP contribution is -2.40. The molecule has 6 heteroatoms. The van der Waals surface area contributed by atoms with Crippen LogP contribution in [0.3, 0.4) is 0 Å². The Balaban J connectivity index is 2.35. The van der Waals surface area contributed by atoms with Crippen LogP contribution in [0.2, 0.25) is 0 Å². The molecule has 0 saturated carbocycles. The lowest BCUT2D eigenvalue weighted by Gasteiger charge is -2.26. The van der Waals surface area contributed by atoms with Gasteiger partial charge in [0.2, 0.25) is 0 Å². The third-order valence-electron chi connectivity index (χ3n) is 3.23. The van der Waals surface area contributed by atoms with Crippen LogP contribution in [-0.4, -0.2) is 33.4 Å². The maximum Gasteiger partial charge on any atom is 0.188 e. The van der Waals surface area contributed by atoms with E-state index in [1.807, 2.05) is 6.92 Å². The monoisotopic (exact) mass is 273 g/mol. The highest BCUT2D eigenvalue weighted by Crippen LogP contribution is 2.26. The molecule has 100 valence electrons. The summed E-state index contributed by atoms with van der Waals surface area (Å²) in [7, 11) is -3.61. The van der Waals surface area contributed by atoms with E-state index in [1.54, 1.807) is 6.07 Å². The second-order valence-electron chi connectivity index (χ2n) is 4.53. The van der Waals surface area contributed by atoms with Crippen molar-refractivity contribution in [1.29, 1.82) is 0 Å². The summed E-state index contributed by atoms with van der Waals surface area (Å²) in [4.78, 5) is -0.247. The average molecular weight is 273 g/mol. The summed E-state index contributed by atoms with van der Waals surface area (Å²) in [5.41, 5.74) is 6.21. The molecule has 1 saturated heterocycles. The molecule has 2 N–H and O–H groups in total. The predicted octanol–water partition coefficient (Wildman–Crippen LogP) is 1.06. The zero-order valence-electron chi connectivity index (χ0n) is 10.1. The molecule has 1 aromatic carbocycles. The first kappa shape index (κ1) is 13.5. The molecule has 1 aromatic rings. The minimum Gasteiger partial charge on any atom is -0.379 e. The Morgan fingerprint density at radius 1 is 1.50 bits per heavy atom. The largest absolute Gasteiger partial charge is 0.379 e. The number of hydrogen-bond acceptors (Lipinski definition) is 4. The highest BCUT2D eigenvalue weighted by Gasteiger charge is 2.35. The summed E-state index contributed by atoms with van der Waals surface area (Å²) in [6, 6.07) is 4.20. The summed E-state index contributed by atoms with van der Waals surface area (Å²) in [6.45, 7) is 2.54. The lowest BCUT2D eigenvalue weighted by atomic mass is 10.0. The first-order valence-corrected chi connectivity index (χ1v) is 7.32. The van der Waals surface area contributed by atoms with Crippen LogP contribution >= 0.6 is 0 Å². The van der Waals surface area contributed by atoms with Gasteiger partial charge in [0.25, 0.3) is 0 Å². The molecule has 1 atom stereocenters. The van der Waals surface area contributed by atoms with Crippen LogP contribution in [0.4, 0.5) is 4.39 Å². The van der Waals surface area contributed by atoms with E-state index < -0.39 is 20.9 Å². The molecule has 0 aromatic heterocycles. The molecule has 1 unspecified atom stereocenters. The van der Waals surface area contributed by atoms with Crippen molar-refractivity contribution in [2.24, 2.45) is 5.73 Å². The number of halogens is 1. The van der Waals surface area contributed by atoms with Gasteiger partial charge >= 0.3 is 0 Å². The molecule has 2 rings (SSSR count). The van der Waals surface area contributed by atoms with E-state index in [1.165, 1.54) is 12.1 Å². The Hall–Kier alpha value is -0.980. The van der Waals surface area contributed by atoms with E-state index >= 15 is 0 Å². The third-order valence-corrected chi connectivity index (χ3v) is 5.33. The fourth-order valence-electron chi connectivity index (χ4n) is 1.76. The van der Waals surface area contributed by atoms with Crippen molar-refractivity contribution in [2.45, 2.75) is 23.0 Å². The normalized spacial score (nSPS) is 18.4. The summed E-state index contributed by atoms with van der Waals surface area (Å²) in [5.74, 6) is -0.706. The van der Waals surface area contributed by atoms with E-state index in [-0.39, 0.29) is 24.0 Å². The van der Waals surface area contributed by atoms with Crippen molar-refractivity contribution < 1.29 is 17.5 Å². The fourth-order valence-corrected chi connectivity index (χ4v) is 3.26. The molecule has 4 nitrogen and oxygen atoms in total. The van der Waals surface area contributed by atoms with Crippen molar-refractivity contribution in [1.82, 2.24) is 0 Å². The SMILES string of the molecule is CC(CN)c1ccc(S(=O)(=O)C2COC2)c(F)c1. The van der Waals surface area contributed by atoms with Gasteiger partial charge in [-0.1, -0.05) is 13.0 Å². The molecule has 1 aliphatic rings. The number of benzene rings is 1. The second-order valence-corrected chi connectivity index (χ2v) is 6.73. The average Bonchev–Trinajstić information content (AvgIpc) is 2.24. The molecule has 18 heavy (non-hydrogen) atoms. The molecule has 0 aliphatic carbocycles. The van der Waals surface area contributed by atoms with E-state index in [9.17, 15) is 12.8 Å². The zero-order chi connectivity index (χ0) is 13.3. The van der Waals surface area contributed by atoms with Crippen LogP contribution in [0.15, 0.2) is 23.1 Å². The number of ether oxygens (including phenoxy) is 1. The van der Waals surface area contributed by atoms with Gasteiger partial charge in [0.05, 0.1) is 13.2 Å². The molecular weight excluding hydrogens is 257 g/mol. The summed E-state index contributed by atoms with van der Waals surface area (Å²) < 4.78 is 42.8. The molecule has 0 radical (unpaired) electrons. The van der Waals surface area contributed by atoms with Crippen molar-refractivity contribution in [3.8, 4) is 0 Å². The summed E-state index contributed by atoms with van der Waals surface area (Å²) >= 11 is 0. The highest BCUT2D eigenvalue weighted by molar-refractivity contribution is 7.92. The lowest BCUT2D eigenvalue weighted by molar-refractivity contribution is 0.0415. The van der Waals surface area contributed by atoms with Gasteiger partial charge < -0.3 is 10.5 Å². The highest BCUT2D eigenvalue weighted by atomic mass is 32.2. The van der Waals surface area contributed by atoms with E-state index in [4.69, 9.17) is 10.5 Å². The number of rotatable bonds is 4. The molecule has 0 bridgehead atoms. The summed E-state index contributed by atoms with van der Waals surface area (Å²) in [6.07, 6.45) is 0. The van der Waals surface area contributed by atoms with Gasteiger partial charge in [-0.15, -0.1) is 0 Å². The van der Waals surface area contributed by atoms with E-state index in [2.05, 4.69) is 0 Å². The van der Waals surface area contributed by atoms with Crippen LogP contribution < -0.4 is 5.73 Å². The number of hydrogen-bond donors (Lipinski definition) is 1. The van der Waals surface area contributed by atoms with Gasteiger partial charge in [-0.2, -0.15) is 0 Å². The first-order chi connectivity index (χ1) is 8.46. The van der Waals surface area contributed by atoms with Crippen LogP contribution in [-0.2, 0) is 14.6 Å². The van der Waals surface area contributed by atoms with Crippen molar-refractivity contribution in [3.05, 3.63) is 29.6 Å². The minimum absolute atomic E-state index is 0.00305. The summed E-state index contributed by atoms with van der Waals surface area (Å²) in [5, 5.41) is -0.621. The predicted molar refractivity (Wildman–Crippen MR) is 65.7 cm³/mol. The quantitative estimate of drug-likeness (QED) is 0.890. The van der Waals surface area contributed by atoms with E-state index in [0.29, 0.717) is 12.1 Å². The van der Waals surface area contributed by atoms with Crippen molar-refractivity contribution in [2.75, 3.05) is 19.8 Å². The van der Waals surface area contributed by atoms with Crippen LogP contribution in [0.1, 0.15) is 18.4 Å². The number of sulfone groups is 1.